The van der Waals surface area contributed by atoms with E-state index in [4.69, 9.17) is 4.74 Å². The van der Waals surface area contributed by atoms with E-state index in [2.05, 4.69) is 33.4 Å². The average molecular weight is 437 g/mol. The molecule has 0 rings (SSSR count). The first-order valence-electron chi connectivity index (χ1n) is 9.20. The molecule has 4 heteroatoms. The molecule has 0 aromatic carbocycles. The molecule has 0 amide bonds. The van der Waals surface area contributed by atoms with Crippen molar-refractivity contribution < 1.29 is 9.53 Å². The first-order chi connectivity index (χ1) is 10.7. The van der Waals surface area contributed by atoms with Crippen LogP contribution in [0.4, 0.5) is 0 Å². The Kier molecular flexibility index (Phi) is 27.0. The first kappa shape index (κ1) is 24.9. The van der Waals surface area contributed by atoms with Crippen LogP contribution in [0.5, 0.6) is 0 Å². The summed E-state index contributed by atoms with van der Waals surface area (Å²) in [5.41, 5.74) is 0. The Balaban J connectivity index is 0. The summed E-state index contributed by atoms with van der Waals surface area (Å²) in [6, 6.07) is 0. The SMILES string of the molecule is CCCCCCCCOC(=O)CS.CCC[CH2][Sn][CH2]CCC. The van der Waals surface area contributed by atoms with Gasteiger partial charge in [-0.05, 0) is 6.42 Å². The molecule has 0 aliphatic heterocycles. The quantitative estimate of drug-likeness (QED) is 0.157. The average Bonchev–Trinajstić information content (AvgIpc) is 2.54. The van der Waals surface area contributed by atoms with Gasteiger partial charge in [0.25, 0.3) is 0 Å². The predicted molar refractivity (Wildman–Crippen MR) is 103 cm³/mol. The molecule has 0 atom stereocenters. The van der Waals surface area contributed by atoms with Gasteiger partial charge in [-0.25, -0.2) is 0 Å². The molecule has 22 heavy (non-hydrogen) atoms. The van der Waals surface area contributed by atoms with Crippen molar-refractivity contribution in [2.24, 2.45) is 0 Å². The van der Waals surface area contributed by atoms with Crippen molar-refractivity contribution in [3.8, 4) is 0 Å². The Hall–Kier alpha value is 0.619. The van der Waals surface area contributed by atoms with E-state index in [0.717, 1.165) is 6.42 Å². The fourth-order valence-electron chi connectivity index (χ4n) is 1.84. The fraction of sp³-hybridized carbons (Fsp3) is 0.944. The third kappa shape index (κ3) is 25.6. The number of thiol groups is 1. The van der Waals surface area contributed by atoms with E-state index >= 15 is 0 Å². The van der Waals surface area contributed by atoms with Gasteiger partial charge in [0, 0.05) is 0 Å². The van der Waals surface area contributed by atoms with Crippen LogP contribution in [-0.2, 0) is 9.53 Å². The molecule has 0 aromatic heterocycles. The monoisotopic (exact) mass is 438 g/mol. The van der Waals surface area contributed by atoms with Gasteiger partial charge >= 0.3 is 75.5 Å². The van der Waals surface area contributed by atoms with Crippen LogP contribution in [0.1, 0.15) is 85.0 Å². The first-order valence-corrected chi connectivity index (χ1v) is 13.9. The van der Waals surface area contributed by atoms with Gasteiger partial charge in [0.1, 0.15) is 0 Å². The second kappa shape index (κ2) is 23.9. The van der Waals surface area contributed by atoms with Crippen LogP contribution in [0, 0.1) is 0 Å². The van der Waals surface area contributed by atoms with Crippen LogP contribution in [-0.4, -0.2) is 39.5 Å². The normalized spacial score (nSPS) is 10.0. The zero-order valence-corrected chi connectivity index (χ0v) is 18.9. The van der Waals surface area contributed by atoms with Crippen molar-refractivity contribution in [2.75, 3.05) is 12.4 Å². The van der Waals surface area contributed by atoms with Crippen molar-refractivity contribution in [3.63, 3.8) is 0 Å². The number of hydrogen-bond acceptors (Lipinski definition) is 3. The summed E-state index contributed by atoms with van der Waals surface area (Å²) in [7, 11) is 0. The molecule has 0 spiro atoms. The third-order valence-corrected chi connectivity index (χ3v) is 7.60. The van der Waals surface area contributed by atoms with Crippen molar-refractivity contribution in [3.05, 3.63) is 0 Å². The van der Waals surface area contributed by atoms with Crippen molar-refractivity contribution in [1.29, 1.82) is 0 Å². The Bertz CT molecular complexity index is 207. The van der Waals surface area contributed by atoms with Gasteiger partial charge in [0.2, 0.25) is 0 Å². The Morgan fingerprint density at radius 3 is 1.82 bits per heavy atom. The summed E-state index contributed by atoms with van der Waals surface area (Å²) >= 11 is 3.96. The van der Waals surface area contributed by atoms with E-state index in [1.807, 2.05) is 0 Å². The van der Waals surface area contributed by atoms with Crippen molar-refractivity contribution >= 4 is 39.7 Å². The molecule has 0 aliphatic carbocycles. The second-order valence-electron chi connectivity index (χ2n) is 5.60. The summed E-state index contributed by atoms with van der Waals surface area (Å²) in [6.07, 6.45) is 13.1. The molecule has 0 heterocycles. The second-order valence-corrected chi connectivity index (χ2v) is 10.2. The Morgan fingerprint density at radius 1 is 0.818 bits per heavy atom. The molecule has 132 valence electrons. The predicted octanol–water partition coefficient (Wildman–Crippen LogP) is 5.95. The number of rotatable bonds is 14. The number of carbonyl (C=O) groups is 1. The van der Waals surface area contributed by atoms with Gasteiger partial charge in [0.05, 0.1) is 12.4 Å². The summed E-state index contributed by atoms with van der Waals surface area (Å²) in [5.74, 6) is -0.0209. The van der Waals surface area contributed by atoms with E-state index in [-0.39, 0.29) is 32.9 Å². The molecule has 0 unspecified atom stereocenters. The number of unbranched alkanes of at least 4 members (excludes halogenated alkanes) is 7. The topological polar surface area (TPSA) is 26.3 Å². The van der Waals surface area contributed by atoms with Gasteiger partial charge in [-0.1, -0.05) is 39.0 Å². The molecule has 0 bridgehead atoms. The standard InChI is InChI=1S/C10H20O2S.2C4H9.Sn/c1-2-3-4-5-6-7-8-12-10(11)9-13;2*1-3-4-2;/h13H,2-9H2,1H3;2*1,3-4H2,2H3;. The van der Waals surface area contributed by atoms with Gasteiger partial charge in [-0.15, -0.1) is 0 Å². The van der Waals surface area contributed by atoms with Crippen LogP contribution in [0.25, 0.3) is 0 Å². The number of hydrogen-bond donors (Lipinski definition) is 1. The molecular formula is C18H38O2SSn. The Labute approximate surface area is 155 Å². The van der Waals surface area contributed by atoms with E-state index in [1.54, 1.807) is 8.87 Å². The fourth-order valence-corrected chi connectivity index (χ4v) is 6.09. The molecular weight excluding hydrogens is 399 g/mol. The minimum absolute atomic E-state index is 0.149. The molecule has 0 fully saturated rings. The van der Waals surface area contributed by atoms with Crippen molar-refractivity contribution in [2.45, 2.75) is 93.9 Å². The van der Waals surface area contributed by atoms with Gasteiger partial charge in [-0.2, -0.15) is 12.6 Å². The molecule has 0 aromatic rings. The van der Waals surface area contributed by atoms with Gasteiger partial charge in [-0.3, -0.25) is 4.79 Å². The maximum atomic E-state index is 10.6. The van der Waals surface area contributed by atoms with Crippen LogP contribution in [0.15, 0.2) is 0 Å². The van der Waals surface area contributed by atoms with Crippen LogP contribution in [0.2, 0.25) is 8.87 Å². The zero-order valence-electron chi connectivity index (χ0n) is 15.2. The van der Waals surface area contributed by atoms with Crippen LogP contribution < -0.4 is 0 Å². The molecule has 0 N–H and O–H groups in total. The van der Waals surface area contributed by atoms with Crippen LogP contribution in [0.3, 0.4) is 0 Å². The minimum atomic E-state index is -0.211. The van der Waals surface area contributed by atoms with E-state index < -0.39 is 0 Å². The number of carbonyl (C=O) groups excluding carboxylic acids is 1. The molecule has 0 saturated carbocycles. The zero-order chi connectivity index (χ0) is 16.9. The summed E-state index contributed by atoms with van der Waals surface area (Å²) in [4.78, 5) is 10.6. The molecule has 2 radical (unpaired) electrons. The third-order valence-electron chi connectivity index (χ3n) is 3.30. The molecule has 0 aliphatic rings. The summed E-state index contributed by atoms with van der Waals surface area (Å²) in [5, 5.41) is 0. The van der Waals surface area contributed by atoms with Gasteiger partial charge < -0.3 is 4.74 Å². The molecule has 0 saturated heterocycles. The number of esters is 1. The summed E-state index contributed by atoms with van der Waals surface area (Å²) in [6.45, 7) is 7.35. The maximum absolute atomic E-state index is 10.6. The van der Waals surface area contributed by atoms with E-state index in [1.165, 1.54) is 57.8 Å². The van der Waals surface area contributed by atoms with Crippen molar-refractivity contribution in [1.82, 2.24) is 0 Å². The van der Waals surface area contributed by atoms with E-state index in [0.29, 0.717) is 6.61 Å². The molecule has 2 nitrogen and oxygen atoms in total. The van der Waals surface area contributed by atoms with Crippen LogP contribution >= 0.6 is 12.6 Å². The van der Waals surface area contributed by atoms with Gasteiger partial charge in [0.15, 0.2) is 0 Å². The Morgan fingerprint density at radius 2 is 1.32 bits per heavy atom. The summed E-state index contributed by atoms with van der Waals surface area (Å²) < 4.78 is 8.13. The number of ether oxygens (including phenoxy) is 1. The van der Waals surface area contributed by atoms with E-state index in [9.17, 15) is 4.79 Å².